The SMILES string of the molecule is CCOC(=O)COc1cccc(C=NNc2nc(CC(=O)OCC)cs2)c1. The highest BCUT2D eigenvalue weighted by atomic mass is 32.1. The van der Waals surface area contributed by atoms with E-state index in [9.17, 15) is 9.59 Å². The molecule has 1 aromatic carbocycles. The number of nitrogens with one attached hydrogen (secondary N) is 1. The molecule has 0 aliphatic heterocycles. The van der Waals surface area contributed by atoms with Crippen molar-refractivity contribution in [1.82, 2.24) is 4.98 Å². The van der Waals surface area contributed by atoms with Crippen molar-refractivity contribution in [3.8, 4) is 5.75 Å². The molecule has 1 N–H and O–H groups in total. The van der Waals surface area contributed by atoms with Gasteiger partial charge in [0.15, 0.2) is 6.61 Å². The Bertz CT molecular complexity index is 791. The number of hydrogen-bond donors (Lipinski definition) is 1. The van der Waals surface area contributed by atoms with Crippen LogP contribution in [-0.4, -0.2) is 43.0 Å². The largest absolute Gasteiger partial charge is 0.482 e. The van der Waals surface area contributed by atoms with E-state index >= 15 is 0 Å². The first-order chi connectivity index (χ1) is 13.1. The molecular formula is C18H21N3O5S. The Kier molecular flexibility index (Phi) is 8.24. The minimum atomic E-state index is -0.416. The predicted molar refractivity (Wildman–Crippen MR) is 102 cm³/mol. The molecule has 0 fully saturated rings. The zero-order valence-corrected chi connectivity index (χ0v) is 16.0. The molecule has 0 saturated heterocycles. The van der Waals surface area contributed by atoms with Crippen LogP contribution in [-0.2, 0) is 25.5 Å². The van der Waals surface area contributed by atoms with Gasteiger partial charge in [0, 0.05) is 5.38 Å². The van der Waals surface area contributed by atoms with Crippen LogP contribution in [0.25, 0.3) is 0 Å². The van der Waals surface area contributed by atoms with Crippen LogP contribution < -0.4 is 10.2 Å². The number of carbonyl (C=O) groups excluding carboxylic acids is 2. The standard InChI is InChI=1S/C18H21N3O5S/c1-3-24-16(22)9-14-12-27-18(20-14)21-19-10-13-6-5-7-15(8-13)26-11-17(23)25-4-2/h5-8,10,12H,3-4,9,11H2,1-2H3,(H,20,21). The normalized spacial score (nSPS) is 10.6. The number of thiazole rings is 1. The molecule has 2 rings (SSSR count). The molecule has 2 aromatic rings. The lowest BCUT2D eigenvalue weighted by molar-refractivity contribution is -0.145. The van der Waals surface area contributed by atoms with Crippen LogP contribution in [0.4, 0.5) is 5.13 Å². The van der Waals surface area contributed by atoms with E-state index in [1.165, 1.54) is 11.3 Å². The van der Waals surface area contributed by atoms with E-state index < -0.39 is 5.97 Å². The average Bonchev–Trinajstić information content (AvgIpc) is 3.08. The highest BCUT2D eigenvalue weighted by Crippen LogP contribution is 2.16. The Labute approximate surface area is 161 Å². The first-order valence-corrected chi connectivity index (χ1v) is 9.26. The first kappa shape index (κ1) is 20.4. The summed E-state index contributed by atoms with van der Waals surface area (Å²) in [6.07, 6.45) is 1.74. The van der Waals surface area contributed by atoms with Crippen molar-refractivity contribution in [2.24, 2.45) is 5.10 Å². The number of benzene rings is 1. The molecule has 1 heterocycles. The van der Waals surface area contributed by atoms with Crippen LogP contribution >= 0.6 is 11.3 Å². The zero-order valence-electron chi connectivity index (χ0n) is 15.1. The third-order valence-electron chi connectivity index (χ3n) is 3.08. The fourth-order valence-electron chi connectivity index (χ4n) is 1.99. The lowest BCUT2D eigenvalue weighted by Gasteiger charge is -2.06. The van der Waals surface area contributed by atoms with Crippen molar-refractivity contribution in [3.05, 3.63) is 40.9 Å². The summed E-state index contributed by atoms with van der Waals surface area (Å²) in [6, 6.07) is 7.13. The summed E-state index contributed by atoms with van der Waals surface area (Å²) in [5.74, 6) is -0.184. The molecule has 0 spiro atoms. The monoisotopic (exact) mass is 391 g/mol. The number of aromatic nitrogens is 1. The van der Waals surface area contributed by atoms with Crippen LogP contribution in [0.5, 0.6) is 5.75 Å². The van der Waals surface area contributed by atoms with E-state index in [-0.39, 0.29) is 19.0 Å². The fourth-order valence-corrected chi connectivity index (χ4v) is 2.65. The van der Waals surface area contributed by atoms with Crippen molar-refractivity contribution in [3.63, 3.8) is 0 Å². The van der Waals surface area contributed by atoms with Crippen LogP contribution in [0.3, 0.4) is 0 Å². The highest BCUT2D eigenvalue weighted by Gasteiger charge is 2.08. The second-order valence-corrected chi connectivity index (χ2v) is 6.02. The Morgan fingerprint density at radius 1 is 1.22 bits per heavy atom. The maximum atomic E-state index is 11.4. The highest BCUT2D eigenvalue weighted by molar-refractivity contribution is 7.13. The lowest BCUT2D eigenvalue weighted by Crippen LogP contribution is -2.14. The molecular weight excluding hydrogens is 370 g/mol. The van der Waals surface area contributed by atoms with Gasteiger partial charge in [-0.1, -0.05) is 12.1 Å². The molecule has 0 amide bonds. The van der Waals surface area contributed by atoms with Crippen molar-refractivity contribution in [2.45, 2.75) is 20.3 Å². The van der Waals surface area contributed by atoms with Gasteiger partial charge in [0.2, 0.25) is 5.13 Å². The van der Waals surface area contributed by atoms with Gasteiger partial charge in [0.25, 0.3) is 0 Å². The van der Waals surface area contributed by atoms with Crippen molar-refractivity contribution in [2.75, 3.05) is 25.2 Å². The van der Waals surface area contributed by atoms with Gasteiger partial charge in [0.1, 0.15) is 5.75 Å². The maximum Gasteiger partial charge on any atom is 0.344 e. The smallest absolute Gasteiger partial charge is 0.344 e. The topological polar surface area (TPSA) is 99.1 Å². The number of nitrogens with zero attached hydrogens (tertiary/aromatic N) is 2. The van der Waals surface area contributed by atoms with E-state index in [2.05, 4.69) is 15.5 Å². The molecule has 0 unspecified atom stereocenters. The molecule has 0 saturated carbocycles. The molecule has 0 atom stereocenters. The van der Waals surface area contributed by atoms with Crippen LogP contribution in [0.1, 0.15) is 25.1 Å². The van der Waals surface area contributed by atoms with Gasteiger partial charge in [-0.25, -0.2) is 9.78 Å². The van der Waals surface area contributed by atoms with E-state index in [4.69, 9.17) is 14.2 Å². The summed E-state index contributed by atoms with van der Waals surface area (Å²) in [6.45, 7) is 4.02. The van der Waals surface area contributed by atoms with Gasteiger partial charge in [-0.3, -0.25) is 10.2 Å². The Morgan fingerprint density at radius 3 is 2.78 bits per heavy atom. The second kappa shape index (κ2) is 10.9. The molecule has 27 heavy (non-hydrogen) atoms. The van der Waals surface area contributed by atoms with E-state index in [0.717, 1.165) is 5.56 Å². The van der Waals surface area contributed by atoms with E-state index in [1.807, 2.05) is 6.07 Å². The van der Waals surface area contributed by atoms with Gasteiger partial charge in [-0.15, -0.1) is 11.3 Å². The summed E-state index contributed by atoms with van der Waals surface area (Å²) in [7, 11) is 0. The van der Waals surface area contributed by atoms with Crippen LogP contribution in [0.2, 0.25) is 0 Å². The summed E-state index contributed by atoms with van der Waals surface area (Å²) < 4.78 is 15.1. The third-order valence-corrected chi connectivity index (χ3v) is 3.87. The number of anilines is 1. The molecule has 9 heteroatoms. The Hall–Kier alpha value is -2.94. The molecule has 1 aromatic heterocycles. The molecule has 144 valence electrons. The van der Waals surface area contributed by atoms with Crippen molar-refractivity contribution in [1.29, 1.82) is 0 Å². The van der Waals surface area contributed by atoms with Gasteiger partial charge in [-0.05, 0) is 31.5 Å². The zero-order chi connectivity index (χ0) is 19.5. The number of carbonyl (C=O) groups is 2. The predicted octanol–water partition coefficient (Wildman–Crippen LogP) is 2.64. The molecule has 0 aliphatic carbocycles. The minimum absolute atomic E-state index is 0.135. The third kappa shape index (κ3) is 7.45. The minimum Gasteiger partial charge on any atom is -0.482 e. The summed E-state index contributed by atoms with van der Waals surface area (Å²) >= 11 is 1.34. The lowest BCUT2D eigenvalue weighted by atomic mass is 10.2. The Morgan fingerprint density at radius 2 is 2.00 bits per heavy atom. The molecule has 8 nitrogen and oxygen atoms in total. The van der Waals surface area contributed by atoms with Gasteiger partial charge < -0.3 is 14.2 Å². The van der Waals surface area contributed by atoms with E-state index in [0.29, 0.717) is 29.8 Å². The van der Waals surface area contributed by atoms with Crippen molar-refractivity contribution < 1.29 is 23.8 Å². The van der Waals surface area contributed by atoms with Gasteiger partial charge in [0.05, 0.1) is 31.5 Å². The Balaban J connectivity index is 1.85. The maximum absolute atomic E-state index is 11.4. The quantitative estimate of drug-likeness (QED) is 0.378. The van der Waals surface area contributed by atoms with E-state index in [1.54, 1.807) is 43.6 Å². The molecule has 0 radical (unpaired) electrons. The number of ether oxygens (including phenoxy) is 3. The number of rotatable bonds is 10. The average molecular weight is 391 g/mol. The van der Waals surface area contributed by atoms with Crippen LogP contribution in [0.15, 0.2) is 34.7 Å². The molecule has 0 aliphatic rings. The first-order valence-electron chi connectivity index (χ1n) is 8.38. The number of hydrogen-bond acceptors (Lipinski definition) is 9. The summed E-state index contributed by atoms with van der Waals surface area (Å²) in [4.78, 5) is 27.0. The number of esters is 2. The molecule has 0 bridgehead atoms. The second-order valence-electron chi connectivity index (χ2n) is 5.16. The van der Waals surface area contributed by atoms with Crippen molar-refractivity contribution >= 4 is 34.6 Å². The number of hydrazone groups is 1. The van der Waals surface area contributed by atoms with Gasteiger partial charge in [-0.2, -0.15) is 5.10 Å². The van der Waals surface area contributed by atoms with Crippen LogP contribution in [0, 0.1) is 0 Å². The summed E-state index contributed by atoms with van der Waals surface area (Å²) in [5.41, 5.74) is 4.23. The summed E-state index contributed by atoms with van der Waals surface area (Å²) in [5, 5.41) is 6.46. The fraction of sp³-hybridized carbons (Fsp3) is 0.333. The van der Waals surface area contributed by atoms with Gasteiger partial charge >= 0.3 is 11.9 Å².